The molecule has 0 atom stereocenters. The first kappa shape index (κ1) is 14.3. The predicted octanol–water partition coefficient (Wildman–Crippen LogP) is 3.23. The summed E-state index contributed by atoms with van der Waals surface area (Å²) >= 11 is 0. The van der Waals surface area contributed by atoms with Gasteiger partial charge in [0.05, 0.1) is 0 Å². The van der Waals surface area contributed by atoms with Crippen LogP contribution in [0.5, 0.6) is 0 Å². The highest BCUT2D eigenvalue weighted by Gasteiger charge is 2.40. The van der Waals surface area contributed by atoms with Gasteiger partial charge in [0, 0.05) is 12.8 Å². The first-order valence-electron chi connectivity index (χ1n) is 7.76. The van der Waals surface area contributed by atoms with Crippen LogP contribution in [-0.4, -0.2) is 13.9 Å². The summed E-state index contributed by atoms with van der Waals surface area (Å²) in [6.45, 7) is 4.27. The van der Waals surface area contributed by atoms with Crippen LogP contribution in [0.15, 0.2) is 48.5 Å². The number of aryl methyl sites for hydroxylation is 2. The van der Waals surface area contributed by atoms with Crippen molar-refractivity contribution in [3.63, 3.8) is 0 Å². The van der Waals surface area contributed by atoms with Crippen LogP contribution in [0.3, 0.4) is 0 Å². The molecule has 2 heteroatoms. The fraction of sp³-hybridized carbons (Fsp3) is 0.316. The van der Waals surface area contributed by atoms with Crippen LogP contribution >= 0.6 is 0 Å². The van der Waals surface area contributed by atoms with Gasteiger partial charge in [-0.3, -0.25) is 4.79 Å². The number of carbonyl (C=O) groups excluding carboxylic acids is 1. The Bertz CT molecular complexity index is 583. The fourth-order valence-electron chi connectivity index (χ4n) is 3.44. The molecule has 1 heterocycles. The third-order valence-corrected chi connectivity index (χ3v) is 9.95. The molecule has 108 valence electrons. The maximum absolute atomic E-state index is 11.7. The molecule has 0 aliphatic carbocycles. The average molecular weight is 294 g/mol. The Morgan fingerprint density at radius 1 is 0.714 bits per heavy atom. The van der Waals surface area contributed by atoms with Crippen molar-refractivity contribution in [1.82, 2.24) is 0 Å². The van der Waals surface area contributed by atoms with Crippen molar-refractivity contribution in [2.45, 2.75) is 38.8 Å². The molecule has 1 fully saturated rings. The average Bonchev–Trinajstić information content (AvgIpc) is 2.50. The van der Waals surface area contributed by atoms with Crippen molar-refractivity contribution in [3.05, 3.63) is 59.7 Å². The summed E-state index contributed by atoms with van der Waals surface area (Å²) in [4.78, 5) is 11.7. The summed E-state index contributed by atoms with van der Waals surface area (Å²) in [5.74, 6) is 0.442. The van der Waals surface area contributed by atoms with E-state index < -0.39 is 8.07 Å². The molecule has 1 aliphatic heterocycles. The molecule has 0 bridgehead atoms. The van der Waals surface area contributed by atoms with E-state index in [2.05, 4.69) is 62.4 Å². The second-order valence-electron chi connectivity index (χ2n) is 6.35. The van der Waals surface area contributed by atoms with Crippen LogP contribution in [0.25, 0.3) is 0 Å². The van der Waals surface area contributed by atoms with Gasteiger partial charge in [0.25, 0.3) is 0 Å². The number of carbonyl (C=O) groups is 1. The fourth-order valence-corrected chi connectivity index (χ4v) is 8.20. The second kappa shape index (κ2) is 5.61. The molecule has 0 radical (unpaired) electrons. The van der Waals surface area contributed by atoms with Gasteiger partial charge in [-0.25, -0.2) is 0 Å². The van der Waals surface area contributed by atoms with E-state index in [1.165, 1.54) is 21.5 Å². The van der Waals surface area contributed by atoms with Crippen LogP contribution in [-0.2, 0) is 4.79 Å². The van der Waals surface area contributed by atoms with Crippen LogP contribution in [0.1, 0.15) is 24.0 Å². The van der Waals surface area contributed by atoms with Crippen molar-refractivity contribution in [2.75, 3.05) is 0 Å². The highest BCUT2D eigenvalue weighted by molar-refractivity contribution is 7.02. The Kier molecular flexibility index (Phi) is 3.81. The lowest BCUT2D eigenvalue weighted by Gasteiger charge is -2.36. The van der Waals surface area contributed by atoms with Crippen molar-refractivity contribution < 1.29 is 4.79 Å². The molecule has 2 aromatic rings. The molecule has 0 amide bonds. The molecule has 0 aromatic heterocycles. The topological polar surface area (TPSA) is 17.1 Å². The van der Waals surface area contributed by atoms with Crippen molar-refractivity contribution >= 4 is 24.2 Å². The summed E-state index contributed by atoms with van der Waals surface area (Å²) in [5.41, 5.74) is 2.61. The van der Waals surface area contributed by atoms with Gasteiger partial charge < -0.3 is 0 Å². The van der Waals surface area contributed by atoms with Gasteiger partial charge in [-0.1, -0.05) is 70.0 Å². The zero-order chi connectivity index (χ0) is 14.9. The molecular weight excluding hydrogens is 272 g/mol. The first-order chi connectivity index (χ1) is 10.1. The molecule has 0 saturated carbocycles. The van der Waals surface area contributed by atoms with E-state index in [0.29, 0.717) is 5.78 Å². The highest BCUT2D eigenvalue weighted by Crippen LogP contribution is 2.27. The number of Topliss-reactive ketones (excluding diaryl/α,β-unsaturated/α-hetero) is 1. The first-order valence-corrected chi connectivity index (χ1v) is 10.2. The molecule has 1 aliphatic rings. The number of benzene rings is 2. The van der Waals surface area contributed by atoms with E-state index in [4.69, 9.17) is 0 Å². The van der Waals surface area contributed by atoms with Crippen LogP contribution in [0.2, 0.25) is 12.1 Å². The molecule has 0 spiro atoms. The molecule has 2 aromatic carbocycles. The minimum Gasteiger partial charge on any atom is -0.300 e. The molecule has 1 saturated heterocycles. The van der Waals surface area contributed by atoms with Crippen molar-refractivity contribution in [1.29, 1.82) is 0 Å². The van der Waals surface area contributed by atoms with Crippen LogP contribution < -0.4 is 10.4 Å². The minimum absolute atomic E-state index is 0.442. The zero-order valence-corrected chi connectivity index (χ0v) is 13.9. The van der Waals surface area contributed by atoms with Crippen LogP contribution in [0, 0.1) is 13.8 Å². The Morgan fingerprint density at radius 3 is 1.48 bits per heavy atom. The van der Waals surface area contributed by atoms with E-state index in [-0.39, 0.29) is 0 Å². The van der Waals surface area contributed by atoms with E-state index in [0.717, 1.165) is 24.9 Å². The number of hydrogen-bond acceptors (Lipinski definition) is 1. The lowest BCUT2D eigenvalue weighted by molar-refractivity contribution is -0.118. The standard InChI is InChI=1S/C19H22OSi/c1-15-3-7-18(8-4-15)21(13-11-17(20)12-14-21)19-9-5-16(2)6-10-19/h3-10H,11-14H2,1-2H3. The summed E-state index contributed by atoms with van der Waals surface area (Å²) in [6.07, 6.45) is 1.52. The normalized spacial score (nSPS) is 17.7. The quantitative estimate of drug-likeness (QED) is 0.777. The Morgan fingerprint density at radius 2 is 1.10 bits per heavy atom. The van der Waals surface area contributed by atoms with Crippen LogP contribution in [0.4, 0.5) is 0 Å². The summed E-state index contributed by atoms with van der Waals surface area (Å²) in [7, 11) is -1.74. The zero-order valence-electron chi connectivity index (χ0n) is 12.9. The summed E-state index contributed by atoms with van der Waals surface area (Å²) in [6, 6.07) is 20.2. The Balaban J connectivity index is 2.08. The SMILES string of the molecule is Cc1ccc([Si]2(c3ccc(C)cc3)CCC(=O)CC2)cc1. The Hall–Kier alpha value is -1.67. The van der Waals surface area contributed by atoms with E-state index in [1.807, 2.05) is 0 Å². The smallest absolute Gasteiger partial charge is 0.132 e. The summed E-state index contributed by atoms with van der Waals surface area (Å²) < 4.78 is 0. The van der Waals surface area contributed by atoms with Crippen molar-refractivity contribution in [2.24, 2.45) is 0 Å². The van der Waals surface area contributed by atoms with Gasteiger partial charge in [0.15, 0.2) is 0 Å². The van der Waals surface area contributed by atoms with Gasteiger partial charge in [-0.05, 0) is 25.9 Å². The number of rotatable bonds is 2. The largest absolute Gasteiger partial charge is 0.300 e. The van der Waals surface area contributed by atoms with E-state index >= 15 is 0 Å². The molecule has 21 heavy (non-hydrogen) atoms. The molecule has 1 nitrogen and oxygen atoms in total. The third kappa shape index (κ3) is 2.73. The maximum atomic E-state index is 11.7. The lowest BCUT2D eigenvalue weighted by atomic mass is 10.2. The lowest BCUT2D eigenvalue weighted by Crippen LogP contribution is -2.59. The molecule has 0 N–H and O–H groups in total. The highest BCUT2D eigenvalue weighted by atomic mass is 28.3. The van der Waals surface area contributed by atoms with Gasteiger partial charge in [0.1, 0.15) is 13.9 Å². The monoisotopic (exact) mass is 294 g/mol. The van der Waals surface area contributed by atoms with Gasteiger partial charge in [0.2, 0.25) is 0 Å². The van der Waals surface area contributed by atoms with E-state index in [1.54, 1.807) is 0 Å². The van der Waals surface area contributed by atoms with Gasteiger partial charge in [-0.2, -0.15) is 0 Å². The minimum atomic E-state index is -1.74. The Labute approximate surface area is 128 Å². The predicted molar refractivity (Wildman–Crippen MR) is 91.2 cm³/mol. The molecule has 0 unspecified atom stereocenters. The summed E-state index contributed by atoms with van der Waals surface area (Å²) in [5, 5.41) is 2.98. The number of hydrogen-bond donors (Lipinski definition) is 0. The van der Waals surface area contributed by atoms with Crippen molar-refractivity contribution in [3.8, 4) is 0 Å². The molecular formula is C19H22OSi. The van der Waals surface area contributed by atoms with Gasteiger partial charge in [-0.15, -0.1) is 0 Å². The third-order valence-electron chi connectivity index (χ3n) is 4.87. The number of ketones is 1. The van der Waals surface area contributed by atoms with Gasteiger partial charge >= 0.3 is 0 Å². The second-order valence-corrected chi connectivity index (χ2v) is 10.7. The molecule has 3 rings (SSSR count). The van der Waals surface area contributed by atoms with E-state index in [9.17, 15) is 4.79 Å². The maximum Gasteiger partial charge on any atom is 0.132 e.